The molecule has 30 heavy (non-hydrogen) atoms. The first-order valence-corrected chi connectivity index (χ1v) is 8.81. The Kier molecular flexibility index (Phi) is 6.01. The molecule has 0 radical (unpaired) electrons. The van der Waals surface area contributed by atoms with Crippen LogP contribution in [0.3, 0.4) is 0 Å². The van der Waals surface area contributed by atoms with E-state index in [4.69, 9.17) is 9.84 Å². The zero-order valence-electron chi connectivity index (χ0n) is 16.0. The fraction of sp³-hybridized carbons (Fsp3) is 0.263. The van der Waals surface area contributed by atoms with Crippen molar-refractivity contribution in [2.24, 2.45) is 7.05 Å². The van der Waals surface area contributed by atoms with Crippen LogP contribution in [-0.2, 0) is 13.2 Å². The molecule has 0 spiro atoms. The zero-order valence-corrected chi connectivity index (χ0v) is 16.0. The van der Waals surface area contributed by atoms with Gasteiger partial charge < -0.3 is 15.2 Å². The number of aromatic nitrogens is 4. The Morgan fingerprint density at radius 2 is 1.97 bits per heavy atom. The molecule has 158 valence electrons. The van der Waals surface area contributed by atoms with Gasteiger partial charge in [0.25, 0.3) is 5.91 Å². The molecule has 0 unspecified atom stereocenters. The number of nitrogens with one attached hydrogen (secondary N) is 1. The summed E-state index contributed by atoms with van der Waals surface area (Å²) < 4.78 is 45.4. The standard InChI is InChI=1S/C19H18F3N5O3/c1-11(10-28)24-18(29)17-23-9-15(16(25-17)14-7-8-27(2)26-14)30-13-5-3-12(4-6-13)19(20,21)22/h3-9,11,28H,10H2,1-2H3,(H,24,29)/t11-/m1/s1. The van der Waals surface area contributed by atoms with Crippen molar-refractivity contribution in [3.8, 4) is 22.9 Å². The van der Waals surface area contributed by atoms with E-state index in [0.29, 0.717) is 5.69 Å². The molecule has 3 rings (SSSR count). The van der Waals surface area contributed by atoms with Gasteiger partial charge in [-0.15, -0.1) is 0 Å². The number of hydrogen-bond donors (Lipinski definition) is 2. The molecule has 3 aromatic rings. The molecule has 11 heteroatoms. The topological polar surface area (TPSA) is 102 Å². The molecule has 0 aliphatic carbocycles. The van der Waals surface area contributed by atoms with E-state index in [9.17, 15) is 18.0 Å². The van der Waals surface area contributed by atoms with Crippen molar-refractivity contribution in [3.63, 3.8) is 0 Å². The number of carbonyl (C=O) groups is 1. The lowest BCUT2D eigenvalue weighted by Crippen LogP contribution is -2.36. The Morgan fingerprint density at radius 3 is 2.53 bits per heavy atom. The monoisotopic (exact) mass is 421 g/mol. The lowest BCUT2D eigenvalue weighted by molar-refractivity contribution is -0.137. The first-order chi connectivity index (χ1) is 14.2. The highest BCUT2D eigenvalue weighted by Gasteiger charge is 2.30. The third-order valence-corrected chi connectivity index (χ3v) is 3.98. The predicted molar refractivity (Wildman–Crippen MR) is 99.8 cm³/mol. The number of benzene rings is 1. The number of nitrogens with zero attached hydrogens (tertiary/aromatic N) is 4. The van der Waals surface area contributed by atoms with E-state index in [-0.39, 0.29) is 29.6 Å². The van der Waals surface area contributed by atoms with Crippen molar-refractivity contribution in [1.82, 2.24) is 25.1 Å². The van der Waals surface area contributed by atoms with E-state index in [1.165, 1.54) is 23.0 Å². The minimum absolute atomic E-state index is 0.111. The molecule has 0 aliphatic heterocycles. The van der Waals surface area contributed by atoms with Gasteiger partial charge in [-0.3, -0.25) is 9.48 Å². The number of aryl methyl sites for hydroxylation is 1. The summed E-state index contributed by atoms with van der Waals surface area (Å²) in [6.07, 6.45) is -1.55. The molecule has 1 amide bonds. The average molecular weight is 421 g/mol. The summed E-state index contributed by atoms with van der Waals surface area (Å²) >= 11 is 0. The quantitative estimate of drug-likeness (QED) is 0.635. The van der Waals surface area contributed by atoms with Crippen LogP contribution in [0.25, 0.3) is 11.4 Å². The SMILES string of the molecule is C[C@H](CO)NC(=O)c1ncc(Oc2ccc(C(F)(F)F)cc2)c(-c2ccn(C)n2)n1. The van der Waals surface area contributed by atoms with Gasteiger partial charge in [-0.2, -0.15) is 18.3 Å². The minimum Gasteiger partial charge on any atom is -0.453 e. The number of rotatable bonds is 6. The van der Waals surface area contributed by atoms with Crippen LogP contribution in [0.2, 0.25) is 0 Å². The van der Waals surface area contributed by atoms with Crippen LogP contribution < -0.4 is 10.1 Å². The molecular weight excluding hydrogens is 403 g/mol. The van der Waals surface area contributed by atoms with E-state index in [2.05, 4.69) is 20.4 Å². The van der Waals surface area contributed by atoms with Crippen LogP contribution in [0, 0.1) is 0 Å². The van der Waals surface area contributed by atoms with Crippen molar-refractivity contribution in [2.75, 3.05) is 6.61 Å². The van der Waals surface area contributed by atoms with Crippen molar-refractivity contribution in [2.45, 2.75) is 19.1 Å². The van der Waals surface area contributed by atoms with Crippen LogP contribution in [0.5, 0.6) is 11.5 Å². The van der Waals surface area contributed by atoms with Gasteiger partial charge in [-0.25, -0.2) is 9.97 Å². The van der Waals surface area contributed by atoms with Gasteiger partial charge in [0, 0.05) is 19.3 Å². The van der Waals surface area contributed by atoms with Gasteiger partial charge in [0.05, 0.1) is 18.4 Å². The van der Waals surface area contributed by atoms with E-state index < -0.39 is 23.7 Å². The van der Waals surface area contributed by atoms with E-state index in [0.717, 1.165) is 12.1 Å². The molecule has 8 nitrogen and oxygen atoms in total. The Labute approximate surface area is 169 Å². The summed E-state index contributed by atoms with van der Waals surface area (Å²) in [6, 6.07) is 5.29. The smallest absolute Gasteiger partial charge is 0.416 e. The van der Waals surface area contributed by atoms with Crippen molar-refractivity contribution in [3.05, 3.63) is 54.1 Å². The second-order valence-corrected chi connectivity index (χ2v) is 6.46. The summed E-state index contributed by atoms with van der Waals surface area (Å²) in [5, 5.41) is 15.9. The van der Waals surface area contributed by atoms with Crippen molar-refractivity contribution < 1.29 is 27.8 Å². The largest absolute Gasteiger partial charge is 0.453 e. The average Bonchev–Trinajstić information content (AvgIpc) is 3.14. The van der Waals surface area contributed by atoms with Crippen LogP contribution in [0.15, 0.2) is 42.7 Å². The van der Waals surface area contributed by atoms with Crippen LogP contribution >= 0.6 is 0 Å². The van der Waals surface area contributed by atoms with Gasteiger partial charge in [0.1, 0.15) is 17.1 Å². The number of halogens is 3. The lowest BCUT2D eigenvalue weighted by atomic mass is 10.2. The summed E-state index contributed by atoms with van der Waals surface area (Å²) in [6.45, 7) is 1.35. The second kappa shape index (κ2) is 8.49. The normalized spacial score (nSPS) is 12.5. The third kappa shape index (κ3) is 4.92. The summed E-state index contributed by atoms with van der Waals surface area (Å²) in [5.74, 6) is -0.527. The number of hydrogen-bond acceptors (Lipinski definition) is 6. The highest BCUT2D eigenvalue weighted by Crippen LogP contribution is 2.33. The predicted octanol–water partition coefficient (Wildman–Crippen LogP) is 2.80. The number of carbonyl (C=O) groups excluding carboxylic acids is 1. The lowest BCUT2D eigenvalue weighted by Gasteiger charge is -2.13. The number of aliphatic hydroxyl groups is 1. The molecule has 2 N–H and O–H groups in total. The van der Waals surface area contributed by atoms with Gasteiger partial charge in [-0.05, 0) is 37.3 Å². The number of amides is 1. The maximum atomic E-state index is 12.7. The number of alkyl halides is 3. The summed E-state index contributed by atoms with van der Waals surface area (Å²) in [5.41, 5.74) is -0.237. The maximum Gasteiger partial charge on any atom is 0.416 e. The molecular formula is C19H18F3N5O3. The van der Waals surface area contributed by atoms with Gasteiger partial charge in [0.2, 0.25) is 5.82 Å². The van der Waals surface area contributed by atoms with Gasteiger partial charge in [0.15, 0.2) is 5.75 Å². The van der Waals surface area contributed by atoms with Crippen LogP contribution in [-0.4, -0.2) is 43.4 Å². The molecule has 0 saturated carbocycles. The summed E-state index contributed by atoms with van der Waals surface area (Å²) in [4.78, 5) is 20.5. The first-order valence-electron chi connectivity index (χ1n) is 8.81. The summed E-state index contributed by atoms with van der Waals surface area (Å²) in [7, 11) is 1.69. The second-order valence-electron chi connectivity index (χ2n) is 6.46. The molecule has 2 aromatic heterocycles. The molecule has 0 fully saturated rings. The van der Waals surface area contributed by atoms with E-state index in [1.54, 1.807) is 26.2 Å². The minimum atomic E-state index is -4.46. The molecule has 1 atom stereocenters. The number of ether oxygens (including phenoxy) is 1. The zero-order chi connectivity index (χ0) is 21.9. The molecule has 0 bridgehead atoms. The fourth-order valence-electron chi connectivity index (χ4n) is 2.45. The van der Waals surface area contributed by atoms with Crippen molar-refractivity contribution >= 4 is 5.91 Å². The third-order valence-electron chi connectivity index (χ3n) is 3.98. The fourth-order valence-corrected chi connectivity index (χ4v) is 2.45. The maximum absolute atomic E-state index is 12.7. The Morgan fingerprint density at radius 1 is 1.27 bits per heavy atom. The Bertz CT molecular complexity index is 1030. The van der Waals surface area contributed by atoms with Gasteiger partial charge >= 0.3 is 6.18 Å². The molecule has 0 saturated heterocycles. The Balaban J connectivity index is 1.94. The molecule has 1 aromatic carbocycles. The van der Waals surface area contributed by atoms with Crippen molar-refractivity contribution in [1.29, 1.82) is 0 Å². The number of aliphatic hydroxyl groups excluding tert-OH is 1. The first kappa shape index (κ1) is 21.2. The van der Waals surface area contributed by atoms with Gasteiger partial charge in [-0.1, -0.05) is 0 Å². The highest BCUT2D eigenvalue weighted by atomic mass is 19.4. The molecule has 0 aliphatic rings. The van der Waals surface area contributed by atoms with E-state index in [1.807, 2.05) is 0 Å². The molecule has 2 heterocycles. The Hall–Kier alpha value is -3.47. The highest BCUT2D eigenvalue weighted by molar-refractivity contribution is 5.91. The van der Waals surface area contributed by atoms with Crippen LogP contribution in [0.4, 0.5) is 13.2 Å². The van der Waals surface area contributed by atoms with Crippen LogP contribution in [0.1, 0.15) is 23.1 Å². The van der Waals surface area contributed by atoms with E-state index >= 15 is 0 Å².